The standard InChI is InChI=1S/C32H31N7O4/c1-20-26(21(2)43-38-20)18-28-34-36-31-30(35-37-32(41)42-19-23-9-5-3-6-10-23)33-29(24-11-7-4-8-12-24)25-14-13-22(15-16-40)17-27(25)39(28)31/h3-14,17,30,35,40H,15-16,18-19H2,1-2H3,(H,37,41). The van der Waals surface area contributed by atoms with Gasteiger partial charge in [0.1, 0.15) is 18.2 Å². The van der Waals surface area contributed by atoms with Crippen molar-refractivity contribution in [3.8, 4) is 5.69 Å². The van der Waals surface area contributed by atoms with Crippen molar-refractivity contribution in [2.24, 2.45) is 4.99 Å². The predicted octanol–water partition coefficient (Wildman–Crippen LogP) is 4.28. The van der Waals surface area contributed by atoms with Crippen LogP contribution in [-0.2, 0) is 24.2 Å². The largest absolute Gasteiger partial charge is 0.444 e. The normalized spacial score (nSPS) is 13.9. The predicted molar refractivity (Wildman–Crippen MR) is 159 cm³/mol. The summed E-state index contributed by atoms with van der Waals surface area (Å²) in [5.74, 6) is 1.82. The van der Waals surface area contributed by atoms with Crippen LogP contribution in [0.2, 0.25) is 0 Å². The van der Waals surface area contributed by atoms with E-state index in [0.29, 0.717) is 36.0 Å². The monoisotopic (exact) mass is 577 g/mol. The van der Waals surface area contributed by atoms with Crippen molar-refractivity contribution >= 4 is 11.8 Å². The van der Waals surface area contributed by atoms with Crippen molar-refractivity contribution in [3.05, 3.63) is 130 Å². The summed E-state index contributed by atoms with van der Waals surface area (Å²) in [6.45, 7) is 3.89. The molecule has 0 radical (unpaired) electrons. The minimum atomic E-state index is -0.820. The highest BCUT2D eigenvalue weighted by atomic mass is 16.6. The fourth-order valence-corrected chi connectivity index (χ4v) is 5.11. The van der Waals surface area contributed by atoms with Gasteiger partial charge in [0.2, 0.25) is 0 Å². The number of aliphatic hydroxyl groups is 1. The van der Waals surface area contributed by atoms with Crippen molar-refractivity contribution < 1.29 is 19.2 Å². The molecule has 218 valence electrons. The third kappa shape index (κ3) is 5.94. The number of nitrogens with zero attached hydrogens (tertiary/aromatic N) is 5. The smallest absolute Gasteiger partial charge is 0.422 e. The zero-order valence-electron chi connectivity index (χ0n) is 23.8. The minimum absolute atomic E-state index is 0.0125. The fraction of sp³-hybridized carbons (Fsp3) is 0.219. The second kappa shape index (κ2) is 12.4. The Kier molecular flexibility index (Phi) is 8.07. The molecule has 11 nitrogen and oxygen atoms in total. The average molecular weight is 578 g/mol. The SMILES string of the molecule is Cc1noc(C)c1Cc1nnc2n1-c1cc(CCO)ccc1C(c1ccccc1)=NC2NNC(=O)OCc1ccccc1. The number of hydrogen-bond acceptors (Lipinski definition) is 9. The number of hydrogen-bond donors (Lipinski definition) is 3. The van der Waals surface area contributed by atoms with Crippen LogP contribution in [0.5, 0.6) is 0 Å². The van der Waals surface area contributed by atoms with E-state index >= 15 is 0 Å². The second-order valence-corrected chi connectivity index (χ2v) is 10.2. The Morgan fingerprint density at radius 1 is 1.00 bits per heavy atom. The first kappa shape index (κ1) is 28.0. The third-order valence-corrected chi connectivity index (χ3v) is 7.30. The molecule has 1 aliphatic rings. The zero-order valence-corrected chi connectivity index (χ0v) is 23.8. The van der Waals surface area contributed by atoms with E-state index < -0.39 is 12.3 Å². The van der Waals surface area contributed by atoms with Gasteiger partial charge in [-0.2, -0.15) is 0 Å². The van der Waals surface area contributed by atoms with Crippen LogP contribution in [0.4, 0.5) is 4.79 Å². The number of carbonyl (C=O) groups excluding carboxylic acids is 1. The molecule has 11 heteroatoms. The second-order valence-electron chi connectivity index (χ2n) is 10.2. The highest BCUT2D eigenvalue weighted by Gasteiger charge is 2.30. The Morgan fingerprint density at radius 3 is 2.49 bits per heavy atom. The number of aliphatic hydroxyl groups excluding tert-OH is 1. The summed E-state index contributed by atoms with van der Waals surface area (Å²) in [5.41, 5.74) is 12.4. The third-order valence-electron chi connectivity index (χ3n) is 7.30. The van der Waals surface area contributed by atoms with E-state index in [2.05, 4.69) is 26.2 Å². The molecular formula is C32H31N7O4. The molecule has 0 saturated heterocycles. The van der Waals surface area contributed by atoms with Crippen molar-refractivity contribution in [2.45, 2.75) is 39.5 Å². The summed E-state index contributed by atoms with van der Waals surface area (Å²) in [4.78, 5) is 17.8. The van der Waals surface area contributed by atoms with Gasteiger partial charge in [-0.3, -0.25) is 15.0 Å². The molecule has 0 spiro atoms. The molecule has 3 heterocycles. The lowest BCUT2D eigenvalue weighted by Gasteiger charge is -2.16. The minimum Gasteiger partial charge on any atom is -0.444 e. The molecule has 2 aromatic heterocycles. The molecular weight excluding hydrogens is 546 g/mol. The number of aromatic nitrogens is 4. The van der Waals surface area contributed by atoms with Crippen LogP contribution in [0.25, 0.3) is 5.69 Å². The number of benzene rings is 3. The van der Waals surface area contributed by atoms with Crippen LogP contribution < -0.4 is 10.9 Å². The Balaban J connectivity index is 1.41. The van der Waals surface area contributed by atoms with Gasteiger partial charge >= 0.3 is 6.09 Å². The molecule has 0 bridgehead atoms. The molecule has 6 rings (SSSR count). The number of hydrazine groups is 1. The van der Waals surface area contributed by atoms with E-state index in [-0.39, 0.29) is 13.2 Å². The quantitative estimate of drug-likeness (QED) is 0.221. The van der Waals surface area contributed by atoms with Crippen LogP contribution >= 0.6 is 0 Å². The number of rotatable bonds is 9. The van der Waals surface area contributed by atoms with Crippen molar-refractivity contribution in [1.29, 1.82) is 0 Å². The van der Waals surface area contributed by atoms with Gasteiger partial charge in [-0.25, -0.2) is 10.2 Å². The van der Waals surface area contributed by atoms with Gasteiger partial charge in [0.15, 0.2) is 12.0 Å². The molecule has 1 atom stereocenters. The number of ether oxygens (including phenoxy) is 1. The van der Waals surface area contributed by atoms with Gasteiger partial charge in [-0.1, -0.05) is 78.0 Å². The topological polar surface area (TPSA) is 140 Å². The van der Waals surface area contributed by atoms with E-state index in [4.69, 9.17) is 14.3 Å². The Labute approximate surface area is 248 Å². The first-order chi connectivity index (χ1) is 21.0. The van der Waals surface area contributed by atoms with Crippen LogP contribution in [0.15, 0.2) is 88.4 Å². The van der Waals surface area contributed by atoms with Crippen molar-refractivity contribution in [1.82, 2.24) is 30.8 Å². The average Bonchev–Trinajstić information content (AvgIpc) is 3.55. The molecule has 1 amide bonds. The summed E-state index contributed by atoms with van der Waals surface area (Å²) in [6, 6.07) is 25.3. The summed E-state index contributed by atoms with van der Waals surface area (Å²) in [6.07, 6.45) is -0.580. The summed E-state index contributed by atoms with van der Waals surface area (Å²) in [7, 11) is 0. The Bertz CT molecular complexity index is 1740. The number of aryl methyl sites for hydroxylation is 2. The molecule has 1 unspecified atom stereocenters. The first-order valence-electron chi connectivity index (χ1n) is 14.0. The summed E-state index contributed by atoms with van der Waals surface area (Å²) in [5, 5.41) is 22.9. The van der Waals surface area contributed by atoms with E-state index in [1.54, 1.807) is 0 Å². The molecule has 3 N–H and O–H groups in total. The van der Waals surface area contributed by atoms with E-state index in [1.165, 1.54) is 0 Å². The number of aliphatic imine (C=N–C) groups is 1. The van der Waals surface area contributed by atoms with Gasteiger partial charge in [-0.05, 0) is 37.5 Å². The number of fused-ring (bicyclic) bond motifs is 3. The maximum Gasteiger partial charge on any atom is 0.422 e. The van der Waals surface area contributed by atoms with Crippen molar-refractivity contribution in [3.63, 3.8) is 0 Å². The molecule has 5 aromatic rings. The van der Waals surface area contributed by atoms with E-state index in [0.717, 1.165) is 39.2 Å². The molecule has 0 aliphatic carbocycles. The highest BCUT2D eigenvalue weighted by Crippen LogP contribution is 2.32. The summed E-state index contributed by atoms with van der Waals surface area (Å²) < 4.78 is 12.8. The lowest BCUT2D eigenvalue weighted by Crippen LogP contribution is -2.40. The molecule has 3 aromatic carbocycles. The lowest BCUT2D eigenvalue weighted by atomic mass is 9.98. The van der Waals surface area contributed by atoms with Gasteiger partial charge in [0.25, 0.3) is 0 Å². The zero-order chi connectivity index (χ0) is 29.8. The Hall–Kier alpha value is -5.13. The molecule has 0 saturated carbocycles. The highest BCUT2D eigenvalue weighted by molar-refractivity contribution is 6.15. The first-order valence-corrected chi connectivity index (χ1v) is 14.0. The van der Waals surface area contributed by atoms with Gasteiger partial charge < -0.3 is 14.4 Å². The number of carbonyl (C=O) groups is 1. The number of nitrogens with one attached hydrogen (secondary N) is 2. The van der Waals surface area contributed by atoms with E-state index in [1.807, 2.05) is 97.3 Å². The van der Waals surface area contributed by atoms with Crippen LogP contribution in [0, 0.1) is 13.8 Å². The van der Waals surface area contributed by atoms with Crippen LogP contribution in [0.1, 0.15) is 57.1 Å². The maximum atomic E-state index is 12.7. The van der Waals surface area contributed by atoms with Crippen molar-refractivity contribution in [2.75, 3.05) is 6.61 Å². The van der Waals surface area contributed by atoms with Gasteiger partial charge in [0, 0.05) is 29.7 Å². The van der Waals surface area contributed by atoms with Crippen LogP contribution in [-0.4, -0.2) is 43.4 Å². The molecule has 1 aliphatic heterocycles. The lowest BCUT2D eigenvalue weighted by molar-refractivity contribution is 0.132. The number of amides is 1. The maximum absolute atomic E-state index is 12.7. The van der Waals surface area contributed by atoms with Crippen LogP contribution in [0.3, 0.4) is 0 Å². The summed E-state index contributed by atoms with van der Waals surface area (Å²) >= 11 is 0. The molecule has 0 fully saturated rings. The van der Waals surface area contributed by atoms with Gasteiger partial charge in [-0.15, -0.1) is 10.2 Å². The fourth-order valence-electron chi connectivity index (χ4n) is 5.11. The molecule has 43 heavy (non-hydrogen) atoms. The Morgan fingerprint density at radius 2 is 1.77 bits per heavy atom. The van der Waals surface area contributed by atoms with E-state index in [9.17, 15) is 9.90 Å². The van der Waals surface area contributed by atoms with Gasteiger partial charge in [0.05, 0.1) is 17.1 Å².